The number of benzene rings is 1. The number of nitrogens with one attached hydrogen (secondary N) is 1. The Balaban J connectivity index is 1.59. The topological polar surface area (TPSA) is 70.4 Å². The van der Waals surface area contributed by atoms with Gasteiger partial charge in [0.05, 0.1) is 5.52 Å². The van der Waals surface area contributed by atoms with Gasteiger partial charge in [-0.15, -0.1) is 0 Å². The highest BCUT2D eigenvalue weighted by molar-refractivity contribution is 6.05. The third kappa shape index (κ3) is 2.50. The number of fused-ring (bicyclic) bond motifs is 3. The van der Waals surface area contributed by atoms with Gasteiger partial charge in [0, 0.05) is 37.4 Å². The van der Waals surface area contributed by atoms with Crippen LogP contribution in [0.1, 0.15) is 42.6 Å². The molecule has 0 saturated carbocycles. The average Bonchev–Trinajstić information content (AvgIpc) is 2.87. The highest BCUT2D eigenvalue weighted by Crippen LogP contribution is 2.37. The largest absolute Gasteiger partial charge is 0.371 e. The molecule has 24 heavy (non-hydrogen) atoms. The third-order valence-electron chi connectivity index (χ3n) is 5.69. The van der Waals surface area contributed by atoms with E-state index in [0.717, 1.165) is 23.7 Å². The zero-order valence-corrected chi connectivity index (χ0v) is 14.2. The summed E-state index contributed by atoms with van der Waals surface area (Å²) < 4.78 is 1.71. The summed E-state index contributed by atoms with van der Waals surface area (Å²) in [6, 6.07) is 8.33. The van der Waals surface area contributed by atoms with E-state index in [1.165, 1.54) is 6.42 Å². The summed E-state index contributed by atoms with van der Waals surface area (Å²) in [5, 5.41) is 19.1. The molecule has 2 atom stereocenters. The number of hydrogen-bond acceptors (Lipinski definition) is 4. The van der Waals surface area contributed by atoms with Gasteiger partial charge in [0.1, 0.15) is 5.72 Å². The van der Waals surface area contributed by atoms with Crippen molar-refractivity contribution in [1.29, 1.82) is 0 Å². The molecule has 2 aliphatic rings. The lowest BCUT2D eigenvalue weighted by molar-refractivity contribution is -0.0959. The smallest absolute Gasteiger partial charge is 0.274 e. The van der Waals surface area contributed by atoms with Crippen molar-refractivity contribution in [3.05, 3.63) is 30.0 Å². The molecule has 0 aliphatic carbocycles. The molecule has 3 heterocycles. The Kier molecular flexibility index (Phi) is 3.62. The van der Waals surface area contributed by atoms with Gasteiger partial charge in [-0.3, -0.25) is 9.48 Å². The van der Waals surface area contributed by atoms with Crippen LogP contribution in [-0.4, -0.2) is 50.6 Å². The predicted octanol–water partition coefficient (Wildman–Crippen LogP) is 1.64. The number of nitrogens with zero attached hydrogens (tertiary/aromatic N) is 3. The molecule has 0 radical (unpaired) electrons. The molecule has 2 N–H and O–H groups in total. The van der Waals surface area contributed by atoms with E-state index in [1.54, 1.807) is 4.68 Å². The molecule has 1 aromatic carbocycles. The minimum absolute atomic E-state index is 0.295. The quantitative estimate of drug-likeness (QED) is 0.822. The molecular weight excluding hydrogens is 304 g/mol. The lowest BCUT2D eigenvalue weighted by Crippen LogP contribution is -2.62. The first-order chi connectivity index (χ1) is 11.5. The maximum Gasteiger partial charge on any atom is 0.274 e. The van der Waals surface area contributed by atoms with Gasteiger partial charge in [-0.2, -0.15) is 5.10 Å². The highest BCUT2D eigenvalue weighted by Gasteiger charge is 2.45. The molecule has 2 unspecified atom stereocenters. The van der Waals surface area contributed by atoms with Gasteiger partial charge >= 0.3 is 0 Å². The van der Waals surface area contributed by atoms with Crippen LogP contribution in [0.15, 0.2) is 24.3 Å². The van der Waals surface area contributed by atoms with Crippen molar-refractivity contribution in [3.8, 4) is 0 Å². The molecule has 128 valence electrons. The van der Waals surface area contributed by atoms with Gasteiger partial charge in [0.2, 0.25) is 0 Å². The molecule has 1 amide bonds. The summed E-state index contributed by atoms with van der Waals surface area (Å²) in [6.07, 6.45) is 4.52. The van der Waals surface area contributed by atoms with Crippen molar-refractivity contribution >= 4 is 16.8 Å². The number of aromatic nitrogens is 2. The molecule has 0 spiro atoms. The number of amides is 1. The van der Waals surface area contributed by atoms with Gasteiger partial charge in [-0.1, -0.05) is 24.6 Å². The van der Waals surface area contributed by atoms with Crippen LogP contribution in [-0.2, 0) is 7.05 Å². The zero-order chi connectivity index (χ0) is 16.9. The maximum absolute atomic E-state index is 12.8. The van der Waals surface area contributed by atoms with Crippen LogP contribution in [0, 0.1) is 0 Å². The molecule has 1 aromatic heterocycles. The fourth-order valence-corrected chi connectivity index (χ4v) is 4.40. The van der Waals surface area contributed by atoms with Crippen LogP contribution in [0.4, 0.5) is 0 Å². The molecule has 2 saturated heterocycles. The van der Waals surface area contributed by atoms with Gasteiger partial charge < -0.3 is 15.3 Å². The minimum Gasteiger partial charge on any atom is -0.371 e. The second-order valence-electron chi connectivity index (χ2n) is 7.29. The van der Waals surface area contributed by atoms with Crippen LogP contribution >= 0.6 is 0 Å². The molecule has 2 bridgehead atoms. The van der Waals surface area contributed by atoms with E-state index in [9.17, 15) is 9.90 Å². The average molecular weight is 328 g/mol. The SMILES string of the molecule is CN1C2CCCC1CC(O)(NC(=O)c1nn(C)c3ccccc13)C2. The molecule has 4 rings (SSSR count). The molecule has 2 aliphatic heterocycles. The van der Waals surface area contributed by atoms with E-state index in [0.29, 0.717) is 30.6 Å². The minimum atomic E-state index is -1.14. The fourth-order valence-electron chi connectivity index (χ4n) is 4.40. The van der Waals surface area contributed by atoms with Crippen molar-refractivity contribution in [2.75, 3.05) is 7.05 Å². The van der Waals surface area contributed by atoms with E-state index in [2.05, 4.69) is 22.4 Å². The number of carbonyl (C=O) groups is 1. The first-order valence-corrected chi connectivity index (χ1v) is 8.65. The number of aliphatic hydroxyl groups is 1. The van der Waals surface area contributed by atoms with Crippen LogP contribution in [0.3, 0.4) is 0 Å². The number of aryl methyl sites for hydroxylation is 1. The number of rotatable bonds is 2. The highest BCUT2D eigenvalue weighted by atomic mass is 16.3. The molecule has 6 heteroatoms. The number of para-hydroxylation sites is 1. The molecule has 2 fully saturated rings. The monoisotopic (exact) mass is 328 g/mol. The molecule has 2 aromatic rings. The van der Waals surface area contributed by atoms with E-state index in [4.69, 9.17) is 0 Å². The summed E-state index contributed by atoms with van der Waals surface area (Å²) in [7, 11) is 3.95. The van der Waals surface area contributed by atoms with Crippen molar-refractivity contribution in [2.24, 2.45) is 7.05 Å². The van der Waals surface area contributed by atoms with Crippen molar-refractivity contribution in [2.45, 2.75) is 49.9 Å². The number of carbonyl (C=O) groups excluding carboxylic acids is 1. The summed E-state index contributed by atoms with van der Waals surface area (Å²) in [4.78, 5) is 15.1. The maximum atomic E-state index is 12.8. The number of piperidine rings is 2. The Morgan fingerprint density at radius 3 is 2.62 bits per heavy atom. The second-order valence-corrected chi connectivity index (χ2v) is 7.29. The van der Waals surface area contributed by atoms with Gasteiger partial charge in [0.25, 0.3) is 5.91 Å². The Labute approximate surface area is 141 Å². The van der Waals surface area contributed by atoms with Crippen LogP contribution in [0.25, 0.3) is 10.9 Å². The normalized spacial score (nSPS) is 30.5. The fraction of sp³-hybridized carbons (Fsp3) is 0.556. The van der Waals surface area contributed by atoms with Crippen LogP contribution in [0.2, 0.25) is 0 Å². The summed E-state index contributed by atoms with van der Waals surface area (Å²) in [5.74, 6) is -0.295. The van der Waals surface area contributed by atoms with E-state index < -0.39 is 5.72 Å². The first-order valence-electron chi connectivity index (χ1n) is 8.65. The third-order valence-corrected chi connectivity index (χ3v) is 5.69. The standard InChI is InChI=1S/C18H24N4O2/c1-21-12-6-5-7-13(21)11-18(24,10-12)19-17(23)16-14-8-3-4-9-15(14)22(2)20-16/h3-4,8-9,12-13,24H,5-7,10-11H2,1-2H3,(H,19,23). The predicted molar refractivity (Wildman–Crippen MR) is 91.6 cm³/mol. The Bertz CT molecular complexity index is 770. The van der Waals surface area contributed by atoms with Crippen molar-refractivity contribution in [1.82, 2.24) is 20.0 Å². The Morgan fingerprint density at radius 1 is 1.25 bits per heavy atom. The van der Waals surface area contributed by atoms with E-state index >= 15 is 0 Å². The summed E-state index contributed by atoms with van der Waals surface area (Å²) >= 11 is 0. The van der Waals surface area contributed by atoms with Gasteiger partial charge in [-0.25, -0.2) is 0 Å². The van der Waals surface area contributed by atoms with Crippen LogP contribution < -0.4 is 5.32 Å². The van der Waals surface area contributed by atoms with Crippen molar-refractivity contribution in [3.63, 3.8) is 0 Å². The first kappa shape index (κ1) is 15.6. The molecular formula is C18H24N4O2. The van der Waals surface area contributed by atoms with Crippen LogP contribution in [0.5, 0.6) is 0 Å². The second kappa shape index (κ2) is 5.57. The Hall–Kier alpha value is -1.92. The van der Waals surface area contributed by atoms with Gasteiger partial charge in [-0.05, 0) is 26.0 Å². The van der Waals surface area contributed by atoms with Crippen molar-refractivity contribution < 1.29 is 9.90 Å². The Morgan fingerprint density at radius 2 is 1.92 bits per heavy atom. The van der Waals surface area contributed by atoms with Gasteiger partial charge in [0.15, 0.2) is 5.69 Å². The van der Waals surface area contributed by atoms with E-state index in [-0.39, 0.29) is 5.91 Å². The zero-order valence-electron chi connectivity index (χ0n) is 14.2. The summed E-state index contributed by atoms with van der Waals surface area (Å²) in [5.41, 5.74) is 0.151. The van der Waals surface area contributed by atoms with E-state index in [1.807, 2.05) is 31.3 Å². The lowest BCUT2D eigenvalue weighted by Gasteiger charge is -2.50. The molecule has 6 nitrogen and oxygen atoms in total. The lowest BCUT2D eigenvalue weighted by atomic mass is 9.80. The summed E-state index contributed by atoms with van der Waals surface area (Å²) in [6.45, 7) is 0. The number of hydrogen-bond donors (Lipinski definition) is 2.